The van der Waals surface area contributed by atoms with E-state index in [1.54, 1.807) is 12.1 Å². The van der Waals surface area contributed by atoms with E-state index in [4.69, 9.17) is 4.42 Å². The zero-order chi connectivity index (χ0) is 17.6. The third kappa shape index (κ3) is 5.82. The van der Waals surface area contributed by atoms with E-state index in [0.29, 0.717) is 12.3 Å². The van der Waals surface area contributed by atoms with Gasteiger partial charge in [-0.1, -0.05) is 29.8 Å². The first-order valence-corrected chi connectivity index (χ1v) is 9.49. The highest BCUT2D eigenvalue weighted by atomic mass is 32.2. The van der Waals surface area contributed by atoms with Crippen LogP contribution in [0.25, 0.3) is 0 Å². The van der Waals surface area contributed by atoms with Crippen LogP contribution in [0.2, 0.25) is 0 Å². The minimum absolute atomic E-state index is 0.0969. The number of nitrogens with zero attached hydrogens (tertiary/aromatic N) is 1. The van der Waals surface area contributed by atoms with E-state index in [0.717, 1.165) is 17.4 Å². The molecular weight excluding hydrogens is 328 g/mol. The molecule has 7 heteroatoms. The van der Waals surface area contributed by atoms with Gasteiger partial charge in [-0.2, -0.15) is 4.31 Å². The number of furan rings is 1. The van der Waals surface area contributed by atoms with Gasteiger partial charge in [0.1, 0.15) is 5.76 Å². The van der Waals surface area contributed by atoms with Crippen LogP contribution in [0.3, 0.4) is 0 Å². The van der Waals surface area contributed by atoms with Gasteiger partial charge in [0.25, 0.3) is 0 Å². The minimum Gasteiger partial charge on any atom is -0.467 e. The zero-order valence-corrected chi connectivity index (χ0v) is 14.7. The molecular formula is C17H22N2O4S. The predicted molar refractivity (Wildman–Crippen MR) is 91.6 cm³/mol. The van der Waals surface area contributed by atoms with Crippen molar-refractivity contribution in [2.24, 2.45) is 0 Å². The number of amides is 1. The third-order valence-corrected chi connectivity index (χ3v) is 4.83. The van der Waals surface area contributed by atoms with E-state index in [1.165, 1.54) is 10.6 Å². The standard InChI is InChI=1S/C17H22N2O4S/c1-14-5-7-15(8-6-14)13-19(24(2,21)22)10-9-17(20)18-12-16-4-3-11-23-16/h3-8,11H,9-10,12-13H2,1-2H3,(H,18,20). The summed E-state index contributed by atoms with van der Waals surface area (Å²) in [5.74, 6) is 0.437. The largest absolute Gasteiger partial charge is 0.467 e. The van der Waals surface area contributed by atoms with Gasteiger partial charge in [0.2, 0.25) is 15.9 Å². The van der Waals surface area contributed by atoms with Crippen LogP contribution in [0.5, 0.6) is 0 Å². The summed E-state index contributed by atoms with van der Waals surface area (Å²) in [6.45, 7) is 2.66. The Morgan fingerprint density at radius 1 is 1.21 bits per heavy atom. The van der Waals surface area contributed by atoms with Crippen molar-refractivity contribution in [2.45, 2.75) is 26.4 Å². The number of hydrogen-bond donors (Lipinski definition) is 1. The Morgan fingerprint density at radius 2 is 1.92 bits per heavy atom. The topological polar surface area (TPSA) is 79.6 Å². The molecule has 0 saturated carbocycles. The molecule has 2 rings (SSSR count). The van der Waals surface area contributed by atoms with Crippen molar-refractivity contribution in [3.8, 4) is 0 Å². The monoisotopic (exact) mass is 350 g/mol. The molecule has 1 aromatic carbocycles. The average Bonchev–Trinajstić information content (AvgIpc) is 3.03. The Balaban J connectivity index is 1.89. The van der Waals surface area contributed by atoms with Gasteiger partial charge in [-0.3, -0.25) is 4.79 Å². The SMILES string of the molecule is Cc1ccc(CN(CCC(=O)NCc2ccco2)S(C)(=O)=O)cc1. The lowest BCUT2D eigenvalue weighted by Crippen LogP contribution is -2.34. The summed E-state index contributed by atoms with van der Waals surface area (Å²) in [7, 11) is -3.39. The molecule has 0 atom stereocenters. The van der Waals surface area contributed by atoms with Gasteiger partial charge in [-0.05, 0) is 24.6 Å². The molecule has 0 aliphatic heterocycles. The predicted octanol–water partition coefficient (Wildman–Crippen LogP) is 2.06. The van der Waals surface area contributed by atoms with Crippen molar-refractivity contribution in [1.82, 2.24) is 9.62 Å². The van der Waals surface area contributed by atoms with Crippen LogP contribution in [0.1, 0.15) is 23.3 Å². The fourth-order valence-corrected chi connectivity index (χ4v) is 2.98. The highest BCUT2D eigenvalue weighted by molar-refractivity contribution is 7.88. The van der Waals surface area contributed by atoms with Crippen LogP contribution in [-0.4, -0.2) is 31.4 Å². The summed E-state index contributed by atoms with van der Waals surface area (Å²) < 4.78 is 30.3. The molecule has 0 bridgehead atoms. The summed E-state index contributed by atoms with van der Waals surface area (Å²) in [5, 5.41) is 2.71. The number of carbonyl (C=O) groups excluding carboxylic acids is 1. The first-order chi connectivity index (χ1) is 11.3. The van der Waals surface area contributed by atoms with E-state index >= 15 is 0 Å². The van der Waals surface area contributed by atoms with Crippen LogP contribution < -0.4 is 5.32 Å². The van der Waals surface area contributed by atoms with Crippen molar-refractivity contribution < 1.29 is 17.6 Å². The summed E-state index contributed by atoms with van der Waals surface area (Å²) >= 11 is 0. The van der Waals surface area contributed by atoms with E-state index in [-0.39, 0.29) is 25.4 Å². The zero-order valence-electron chi connectivity index (χ0n) is 13.9. The molecule has 2 aromatic rings. The Kier molecular flexibility index (Phi) is 6.16. The maximum Gasteiger partial charge on any atom is 0.221 e. The number of sulfonamides is 1. The molecule has 0 fully saturated rings. The number of aryl methyl sites for hydroxylation is 1. The first kappa shape index (κ1) is 18.2. The van der Waals surface area contributed by atoms with Gasteiger partial charge in [0.15, 0.2) is 0 Å². The van der Waals surface area contributed by atoms with Crippen molar-refractivity contribution in [2.75, 3.05) is 12.8 Å². The van der Waals surface area contributed by atoms with E-state index in [1.807, 2.05) is 31.2 Å². The van der Waals surface area contributed by atoms with Gasteiger partial charge in [-0.15, -0.1) is 0 Å². The van der Waals surface area contributed by atoms with E-state index in [9.17, 15) is 13.2 Å². The summed E-state index contributed by atoms with van der Waals surface area (Å²) in [6, 6.07) is 11.2. The summed E-state index contributed by atoms with van der Waals surface area (Å²) in [6.07, 6.45) is 2.79. The van der Waals surface area contributed by atoms with Gasteiger partial charge in [-0.25, -0.2) is 8.42 Å². The second-order valence-electron chi connectivity index (χ2n) is 5.69. The highest BCUT2D eigenvalue weighted by Gasteiger charge is 2.18. The molecule has 1 aromatic heterocycles. The molecule has 0 aliphatic carbocycles. The van der Waals surface area contributed by atoms with Crippen molar-refractivity contribution in [3.05, 3.63) is 59.5 Å². The van der Waals surface area contributed by atoms with Crippen LogP contribution in [0, 0.1) is 6.92 Å². The number of hydrogen-bond acceptors (Lipinski definition) is 4. The molecule has 1 N–H and O–H groups in total. The molecule has 0 unspecified atom stereocenters. The maximum atomic E-state index is 11.9. The van der Waals surface area contributed by atoms with Crippen LogP contribution in [0.4, 0.5) is 0 Å². The van der Waals surface area contributed by atoms with Gasteiger partial charge in [0, 0.05) is 19.5 Å². The van der Waals surface area contributed by atoms with Crippen LogP contribution >= 0.6 is 0 Å². The van der Waals surface area contributed by atoms with Gasteiger partial charge >= 0.3 is 0 Å². The van der Waals surface area contributed by atoms with Crippen molar-refractivity contribution in [1.29, 1.82) is 0 Å². The Labute approximate surface area is 142 Å². The molecule has 1 amide bonds. The number of rotatable bonds is 8. The lowest BCUT2D eigenvalue weighted by molar-refractivity contribution is -0.121. The lowest BCUT2D eigenvalue weighted by atomic mass is 10.1. The second-order valence-corrected chi connectivity index (χ2v) is 7.67. The second kappa shape index (κ2) is 8.12. The number of nitrogens with one attached hydrogen (secondary N) is 1. The third-order valence-electron chi connectivity index (χ3n) is 3.58. The van der Waals surface area contributed by atoms with Gasteiger partial charge < -0.3 is 9.73 Å². The average molecular weight is 350 g/mol. The maximum absolute atomic E-state index is 11.9. The van der Waals surface area contributed by atoms with E-state index < -0.39 is 10.0 Å². The van der Waals surface area contributed by atoms with Crippen molar-refractivity contribution >= 4 is 15.9 Å². The number of benzene rings is 1. The molecule has 0 aliphatic rings. The quantitative estimate of drug-likeness (QED) is 0.790. The Hall–Kier alpha value is -2.12. The molecule has 0 spiro atoms. The smallest absolute Gasteiger partial charge is 0.221 e. The van der Waals surface area contributed by atoms with Gasteiger partial charge in [0.05, 0.1) is 19.1 Å². The lowest BCUT2D eigenvalue weighted by Gasteiger charge is -2.20. The molecule has 0 saturated heterocycles. The fourth-order valence-electron chi connectivity index (χ4n) is 2.17. The molecule has 6 nitrogen and oxygen atoms in total. The molecule has 24 heavy (non-hydrogen) atoms. The Bertz CT molecular complexity index is 752. The molecule has 1 heterocycles. The first-order valence-electron chi connectivity index (χ1n) is 7.64. The number of carbonyl (C=O) groups is 1. The summed E-state index contributed by atoms with van der Waals surface area (Å²) in [5.41, 5.74) is 2.00. The molecule has 130 valence electrons. The minimum atomic E-state index is -3.39. The summed E-state index contributed by atoms with van der Waals surface area (Å²) in [4.78, 5) is 11.9. The fraction of sp³-hybridized carbons (Fsp3) is 0.353. The molecule has 0 radical (unpaired) electrons. The van der Waals surface area contributed by atoms with Crippen LogP contribution in [0.15, 0.2) is 47.1 Å². The van der Waals surface area contributed by atoms with E-state index in [2.05, 4.69) is 5.32 Å². The van der Waals surface area contributed by atoms with Crippen molar-refractivity contribution in [3.63, 3.8) is 0 Å². The Morgan fingerprint density at radius 3 is 2.50 bits per heavy atom. The highest BCUT2D eigenvalue weighted by Crippen LogP contribution is 2.10. The van der Waals surface area contributed by atoms with Crippen LogP contribution in [-0.2, 0) is 27.9 Å². The normalized spacial score (nSPS) is 11.6.